The zero-order valence-corrected chi connectivity index (χ0v) is 19.0. The molecule has 8 nitrogen and oxygen atoms in total. The quantitative estimate of drug-likeness (QED) is 0.717. The van der Waals surface area contributed by atoms with E-state index in [-0.39, 0.29) is 42.7 Å². The number of aromatic carboxylic acids is 1. The molecule has 0 radical (unpaired) electrons. The first-order valence-electron chi connectivity index (χ1n) is 10.7. The minimum absolute atomic E-state index is 0.0215. The van der Waals surface area contributed by atoms with Gasteiger partial charge in [0.25, 0.3) is 0 Å². The third kappa shape index (κ3) is 4.85. The van der Waals surface area contributed by atoms with Gasteiger partial charge in [-0.2, -0.15) is 0 Å². The predicted molar refractivity (Wildman–Crippen MR) is 123 cm³/mol. The largest absolute Gasteiger partial charge is 0.478 e. The van der Waals surface area contributed by atoms with Crippen molar-refractivity contribution in [3.63, 3.8) is 0 Å². The van der Waals surface area contributed by atoms with Crippen LogP contribution in [0.3, 0.4) is 0 Å². The van der Waals surface area contributed by atoms with Crippen LogP contribution in [0, 0.1) is 0 Å². The van der Waals surface area contributed by atoms with E-state index < -0.39 is 5.97 Å². The van der Waals surface area contributed by atoms with Crippen molar-refractivity contribution in [3.05, 3.63) is 46.2 Å². The summed E-state index contributed by atoms with van der Waals surface area (Å²) < 4.78 is 5.74. The third-order valence-corrected chi connectivity index (χ3v) is 6.65. The molecule has 1 fully saturated rings. The van der Waals surface area contributed by atoms with Gasteiger partial charge in [-0.05, 0) is 49.9 Å². The number of carboxylic acids is 1. The number of fused-ring (bicyclic) bond motifs is 1. The number of nitrogens with zero attached hydrogens (tertiary/aromatic N) is 3. The number of ether oxygens (including phenoxy) is 1. The highest BCUT2D eigenvalue weighted by Gasteiger charge is 2.34. The molecule has 1 aromatic carbocycles. The van der Waals surface area contributed by atoms with E-state index in [1.165, 1.54) is 17.0 Å². The van der Waals surface area contributed by atoms with Crippen molar-refractivity contribution in [1.82, 2.24) is 4.90 Å². The Balaban J connectivity index is 1.59. The molecule has 2 aliphatic rings. The molecule has 3 heterocycles. The predicted octanol–water partition coefficient (Wildman–Crippen LogP) is 2.48. The monoisotopic (exact) mass is 457 g/mol. The zero-order valence-electron chi connectivity index (χ0n) is 18.2. The Kier molecular flexibility index (Phi) is 6.59. The molecule has 1 N–H and O–H groups in total. The molecule has 0 aliphatic carbocycles. The average Bonchev–Trinajstić information content (AvgIpc) is 3.25. The van der Waals surface area contributed by atoms with Crippen LogP contribution in [0.5, 0.6) is 0 Å². The Labute approximate surface area is 191 Å². The van der Waals surface area contributed by atoms with Crippen molar-refractivity contribution in [3.8, 4) is 0 Å². The molecule has 2 amide bonds. The van der Waals surface area contributed by atoms with Crippen LogP contribution in [0.2, 0.25) is 0 Å². The maximum Gasteiger partial charge on any atom is 0.335 e. The van der Waals surface area contributed by atoms with Gasteiger partial charge in [0.05, 0.1) is 35.7 Å². The number of morpholine rings is 1. The van der Waals surface area contributed by atoms with Crippen molar-refractivity contribution in [2.45, 2.75) is 32.5 Å². The van der Waals surface area contributed by atoms with Gasteiger partial charge in [0, 0.05) is 24.5 Å². The standard InChI is InChI=1S/C23H27N3O5S/c1-15-11-24(12-16(2)31-15)13-21(27)26-14-22(28)25(8-7-18-4-3-9-32-18)19-6-5-17(23(29)30)10-20(19)26/h3-6,9-10,15-16H,7-8,11-14H2,1-2H3,(H,29,30). The molecule has 2 unspecified atom stereocenters. The van der Waals surface area contributed by atoms with Crippen molar-refractivity contribution >= 4 is 40.5 Å². The summed E-state index contributed by atoms with van der Waals surface area (Å²) >= 11 is 1.63. The molecule has 2 aliphatic heterocycles. The topological polar surface area (TPSA) is 90.4 Å². The number of hydrogen-bond acceptors (Lipinski definition) is 6. The van der Waals surface area contributed by atoms with E-state index >= 15 is 0 Å². The molecule has 0 spiro atoms. The van der Waals surface area contributed by atoms with E-state index in [4.69, 9.17) is 4.74 Å². The minimum atomic E-state index is -1.07. The van der Waals surface area contributed by atoms with E-state index in [9.17, 15) is 19.5 Å². The van der Waals surface area contributed by atoms with Crippen molar-refractivity contribution in [1.29, 1.82) is 0 Å². The van der Waals surface area contributed by atoms with Crippen LogP contribution in [-0.2, 0) is 20.7 Å². The average molecular weight is 458 g/mol. The van der Waals surface area contributed by atoms with Crippen LogP contribution >= 0.6 is 11.3 Å². The zero-order chi connectivity index (χ0) is 22.8. The van der Waals surface area contributed by atoms with Gasteiger partial charge in [0.15, 0.2) is 0 Å². The summed E-state index contributed by atoms with van der Waals surface area (Å²) in [6.45, 7) is 5.72. The van der Waals surface area contributed by atoms with Crippen molar-refractivity contribution in [2.75, 3.05) is 42.5 Å². The molecule has 1 saturated heterocycles. The third-order valence-electron chi connectivity index (χ3n) is 5.72. The summed E-state index contributed by atoms with van der Waals surface area (Å²) in [4.78, 5) is 44.1. The summed E-state index contributed by atoms with van der Waals surface area (Å²) in [7, 11) is 0. The van der Waals surface area contributed by atoms with Gasteiger partial charge in [-0.3, -0.25) is 19.4 Å². The Hall–Kier alpha value is -2.75. The lowest BCUT2D eigenvalue weighted by molar-refractivity contribution is -0.126. The maximum atomic E-state index is 13.2. The van der Waals surface area contributed by atoms with Gasteiger partial charge in [0.1, 0.15) is 6.54 Å². The first kappa shape index (κ1) is 22.4. The summed E-state index contributed by atoms with van der Waals surface area (Å²) in [5.41, 5.74) is 1.12. The second-order valence-corrected chi connectivity index (χ2v) is 9.35. The Bertz CT molecular complexity index is 999. The molecule has 4 rings (SSSR count). The van der Waals surface area contributed by atoms with Crippen LogP contribution in [0.4, 0.5) is 11.4 Å². The molecule has 1 aromatic heterocycles. The van der Waals surface area contributed by atoms with E-state index in [1.807, 2.05) is 36.3 Å². The van der Waals surface area contributed by atoms with Gasteiger partial charge in [-0.15, -0.1) is 11.3 Å². The lowest BCUT2D eigenvalue weighted by Gasteiger charge is -2.39. The fraction of sp³-hybridized carbons (Fsp3) is 0.435. The van der Waals surface area contributed by atoms with Gasteiger partial charge in [-0.25, -0.2) is 4.79 Å². The fourth-order valence-electron chi connectivity index (χ4n) is 4.38. The number of amides is 2. The number of rotatable bonds is 6. The Morgan fingerprint density at radius 3 is 2.56 bits per heavy atom. The first-order chi connectivity index (χ1) is 15.3. The van der Waals surface area contributed by atoms with Crippen molar-refractivity contribution in [2.24, 2.45) is 0 Å². The number of anilines is 2. The number of thiophene rings is 1. The molecule has 32 heavy (non-hydrogen) atoms. The lowest BCUT2D eigenvalue weighted by Crippen LogP contribution is -2.53. The molecule has 2 aromatic rings. The number of carboxylic acid groups (broad SMARTS) is 1. The highest BCUT2D eigenvalue weighted by molar-refractivity contribution is 7.09. The van der Waals surface area contributed by atoms with Crippen LogP contribution in [0.25, 0.3) is 0 Å². The van der Waals surface area contributed by atoms with Gasteiger partial charge < -0.3 is 14.7 Å². The first-order valence-corrected chi connectivity index (χ1v) is 11.6. The second-order valence-electron chi connectivity index (χ2n) is 8.31. The van der Waals surface area contributed by atoms with Crippen molar-refractivity contribution < 1.29 is 24.2 Å². The number of benzene rings is 1. The lowest BCUT2D eigenvalue weighted by atomic mass is 10.1. The van der Waals surface area contributed by atoms with E-state index in [1.54, 1.807) is 22.3 Å². The second kappa shape index (κ2) is 9.40. The van der Waals surface area contributed by atoms with Crippen LogP contribution in [-0.4, -0.2) is 72.7 Å². The number of carbonyl (C=O) groups excluding carboxylic acids is 2. The van der Waals surface area contributed by atoms with Crippen LogP contribution in [0.1, 0.15) is 29.1 Å². The van der Waals surface area contributed by atoms with E-state index in [0.717, 1.165) is 4.88 Å². The minimum Gasteiger partial charge on any atom is -0.478 e. The molecule has 0 saturated carbocycles. The number of carbonyl (C=O) groups is 3. The van der Waals surface area contributed by atoms with E-state index in [2.05, 4.69) is 0 Å². The van der Waals surface area contributed by atoms with Gasteiger partial charge in [0.2, 0.25) is 11.8 Å². The Morgan fingerprint density at radius 1 is 1.16 bits per heavy atom. The molecule has 2 atom stereocenters. The maximum absolute atomic E-state index is 13.2. The summed E-state index contributed by atoms with van der Waals surface area (Å²) in [6.07, 6.45) is 0.738. The molecule has 0 bridgehead atoms. The fourth-order valence-corrected chi connectivity index (χ4v) is 5.07. The highest BCUT2D eigenvalue weighted by atomic mass is 32.1. The smallest absolute Gasteiger partial charge is 0.335 e. The molecular formula is C23H27N3O5S. The number of hydrogen-bond donors (Lipinski definition) is 1. The summed E-state index contributed by atoms with van der Waals surface area (Å²) in [5.74, 6) is -1.46. The summed E-state index contributed by atoms with van der Waals surface area (Å²) in [5, 5.41) is 11.5. The SMILES string of the molecule is CC1CN(CC(=O)N2CC(=O)N(CCc3cccs3)c3ccc(C(=O)O)cc32)CC(C)O1. The highest BCUT2D eigenvalue weighted by Crippen LogP contribution is 2.35. The molecular weight excluding hydrogens is 430 g/mol. The van der Waals surface area contributed by atoms with Crippen LogP contribution < -0.4 is 9.80 Å². The van der Waals surface area contributed by atoms with Gasteiger partial charge >= 0.3 is 5.97 Å². The Morgan fingerprint density at radius 2 is 1.91 bits per heavy atom. The normalized spacial score (nSPS) is 21.5. The van der Waals surface area contributed by atoms with Crippen LogP contribution in [0.15, 0.2) is 35.7 Å². The van der Waals surface area contributed by atoms with Gasteiger partial charge in [-0.1, -0.05) is 6.07 Å². The molecule has 170 valence electrons. The molecule has 9 heteroatoms. The van der Waals surface area contributed by atoms with E-state index in [0.29, 0.717) is 37.4 Å². The summed E-state index contributed by atoms with van der Waals surface area (Å²) in [6, 6.07) is 8.59.